The maximum atomic E-state index is 11.0. The van der Waals surface area contributed by atoms with Crippen molar-refractivity contribution in [1.29, 1.82) is 0 Å². The Morgan fingerprint density at radius 1 is 1.33 bits per heavy atom. The first-order chi connectivity index (χ1) is 6.96. The van der Waals surface area contributed by atoms with E-state index in [9.17, 15) is 8.42 Å². The minimum absolute atomic E-state index is 0.185. The average Bonchev–Trinajstić information content (AvgIpc) is 2.47. The highest BCUT2D eigenvalue weighted by molar-refractivity contribution is 8.13. The Kier molecular flexibility index (Phi) is 4.10. The van der Waals surface area contributed by atoms with Gasteiger partial charge in [-0.3, -0.25) is 0 Å². The molecular formula is C8H14ClN3O2S. The normalized spacial score (nSPS) is 11.9. The zero-order chi connectivity index (χ0) is 11.5. The molecule has 0 N–H and O–H groups in total. The maximum absolute atomic E-state index is 11.0. The molecule has 0 atom stereocenters. The molecule has 0 unspecified atom stereocenters. The van der Waals surface area contributed by atoms with Crippen molar-refractivity contribution < 1.29 is 8.42 Å². The zero-order valence-electron chi connectivity index (χ0n) is 8.77. The number of hydrogen-bond acceptors (Lipinski definition) is 4. The monoisotopic (exact) mass is 251 g/mol. The second kappa shape index (κ2) is 4.94. The van der Waals surface area contributed by atoms with E-state index in [1.54, 1.807) is 7.05 Å². The number of hydrogen-bond donors (Lipinski definition) is 0. The van der Waals surface area contributed by atoms with E-state index in [-0.39, 0.29) is 5.16 Å². The Labute approximate surface area is 93.9 Å². The molecule has 0 amide bonds. The highest BCUT2D eigenvalue weighted by Crippen LogP contribution is 2.13. The van der Waals surface area contributed by atoms with Crippen LogP contribution in [0.15, 0.2) is 5.16 Å². The first kappa shape index (κ1) is 12.4. The van der Waals surface area contributed by atoms with Crippen LogP contribution in [0.1, 0.15) is 32.0 Å². The van der Waals surface area contributed by atoms with Crippen molar-refractivity contribution in [2.75, 3.05) is 0 Å². The van der Waals surface area contributed by atoms with E-state index in [2.05, 4.69) is 17.1 Å². The fraction of sp³-hybridized carbons (Fsp3) is 0.750. The van der Waals surface area contributed by atoms with Crippen LogP contribution in [0, 0.1) is 0 Å². The highest BCUT2D eigenvalue weighted by Gasteiger charge is 2.19. The molecule has 0 spiro atoms. The van der Waals surface area contributed by atoms with Crippen LogP contribution < -0.4 is 0 Å². The third kappa shape index (κ3) is 3.17. The van der Waals surface area contributed by atoms with Crippen LogP contribution in [0.2, 0.25) is 0 Å². The first-order valence-corrected chi connectivity index (χ1v) is 7.10. The molecule has 5 nitrogen and oxygen atoms in total. The van der Waals surface area contributed by atoms with Crippen LogP contribution in [-0.2, 0) is 22.5 Å². The van der Waals surface area contributed by atoms with Gasteiger partial charge < -0.3 is 4.57 Å². The average molecular weight is 252 g/mol. The molecule has 0 aliphatic heterocycles. The van der Waals surface area contributed by atoms with Crippen molar-refractivity contribution in [3.63, 3.8) is 0 Å². The Morgan fingerprint density at radius 3 is 2.47 bits per heavy atom. The number of aromatic nitrogens is 3. The Balaban J connectivity index is 2.81. The third-order valence-corrected chi connectivity index (χ3v) is 3.35. The van der Waals surface area contributed by atoms with Crippen molar-refractivity contribution >= 4 is 19.7 Å². The van der Waals surface area contributed by atoms with Crippen LogP contribution in [-0.4, -0.2) is 23.2 Å². The van der Waals surface area contributed by atoms with Gasteiger partial charge in [0.1, 0.15) is 5.82 Å². The minimum Gasteiger partial charge on any atom is -0.304 e. The summed E-state index contributed by atoms with van der Waals surface area (Å²) in [7, 11) is 3.01. The van der Waals surface area contributed by atoms with Crippen LogP contribution >= 0.6 is 10.7 Å². The Morgan fingerprint density at radius 2 is 2.00 bits per heavy atom. The van der Waals surface area contributed by atoms with Crippen molar-refractivity contribution in [2.24, 2.45) is 7.05 Å². The number of rotatable bonds is 5. The summed E-state index contributed by atoms with van der Waals surface area (Å²) in [6.07, 6.45) is 3.91. The molecule has 1 rings (SSSR count). The quantitative estimate of drug-likeness (QED) is 0.587. The number of unbranched alkanes of at least 4 members (excludes halogenated alkanes) is 2. The zero-order valence-corrected chi connectivity index (χ0v) is 10.3. The SMILES string of the molecule is CCCCCc1nnc(S(=O)(=O)Cl)n1C. The molecule has 0 aliphatic carbocycles. The molecule has 1 aromatic rings. The Hall–Kier alpha value is -0.620. The van der Waals surface area contributed by atoms with Gasteiger partial charge in [-0.2, -0.15) is 0 Å². The molecular weight excluding hydrogens is 238 g/mol. The second-order valence-corrected chi connectivity index (χ2v) is 5.81. The largest absolute Gasteiger partial charge is 0.304 e. The summed E-state index contributed by atoms with van der Waals surface area (Å²) in [6, 6.07) is 0. The summed E-state index contributed by atoms with van der Waals surface area (Å²) in [5.41, 5.74) is 0. The predicted octanol–water partition coefficient (Wildman–Crippen LogP) is 1.48. The molecule has 0 aromatic carbocycles. The summed E-state index contributed by atoms with van der Waals surface area (Å²) in [4.78, 5) is 0. The summed E-state index contributed by atoms with van der Waals surface area (Å²) in [6.45, 7) is 2.10. The lowest BCUT2D eigenvalue weighted by molar-refractivity contribution is 0.588. The van der Waals surface area contributed by atoms with E-state index >= 15 is 0 Å². The van der Waals surface area contributed by atoms with Gasteiger partial charge in [0, 0.05) is 24.2 Å². The molecule has 86 valence electrons. The number of nitrogens with zero attached hydrogens (tertiary/aromatic N) is 3. The molecule has 0 fully saturated rings. The molecule has 0 bridgehead atoms. The maximum Gasteiger partial charge on any atom is 0.296 e. The van der Waals surface area contributed by atoms with Crippen molar-refractivity contribution in [3.8, 4) is 0 Å². The lowest BCUT2D eigenvalue weighted by Crippen LogP contribution is -2.04. The van der Waals surface area contributed by atoms with Gasteiger partial charge in [-0.1, -0.05) is 19.8 Å². The lowest BCUT2D eigenvalue weighted by Gasteiger charge is -2.00. The fourth-order valence-corrected chi connectivity index (χ4v) is 2.28. The molecule has 1 aromatic heterocycles. The van der Waals surface area contributed by atoms with E-state index in [1.165, 1.54) is 4.57 Å². The van der Waals surface area contributed by atoms with Gasteiger partial charge in [0.2, 0.25) is 0 Å². The standard InChI is InChI=1S/C8H14ClN3O2S/c1-3-4-5-6-7-10-11-8(12(7)2)15(9,13)14/h3-6H2,1-2H3. The van der Waals surface area contributed by atoms with Gasteiger partial charge in [-0.15, -0.1) is 10.2 Å². The van der Waals surface area contributed by atoms with Gasteiger partial charge >= 0.3 is 0 Å². The number of halogens is 1. The van der Waals surface area contributed by atoms with Gasteiger partial charge in [0.15, 0.2) is 0 Å². The van der Waals surface area contributed by atoms with Gasteiger partial charge in [-0.25, -0.2) is 8.42 Å². The third-order valence-electron chi connectivity index (χ3n) is 2.15. The summed E-state index contributed by atoms with van der Waals surface area (Å²) in [5, 5.41) is 7.18. The van der Waals surface area contributed by atoms with E-state index in [0.29, 0.717) is 5.82 Å². The van der Waals surface area contributed by atoms with E-state index in [0.717, 1.165) is 25.7 Å². The molecule has 15 heavy (non-hydrogen) atoms. The van der Waals surface area contributed by atoms with Crippen molar-refractivity contribution in [1.82, 2.24) is 14.8 Å². The van der Waals surface area contributed by atoms with Gasteiger partial charge in [0.05, 0.1) is 0 Å². The van der Waals surface area contributed by atoms with E-state index in [1.807, 2.05) is 0 Å². The van der Waals surface area contributed by atoms with E-state index in [4.69, 9.17) is 10.7 Å². The lowest BCUT2D eigenvalue weighted by atomic mass is 10.2. The smallest absolute Gasteiger partial charge is 0.296 e. The van der Waals surface area contributed by atoms with Gasteiger partial charge in [0.25, 0.3) is 14.2 Å². The summed E-state index contributed by atoms with van der Waals surface area (Å²) >= 11 is 0. The van der Waals surface area contributed by atoms with Crippen molar-refractivity contribution in [3.05, 3.63) is 5.82 Å². The van der Waals surface area contributed by atoms with E-state index < -0.39 is 9.05 Å². The van der Waals surface area contributed by atoms with Crippen LogP contribution in [0.4, 0.5) is 0 Å². The molecule has 0 saturated carbocycles. The Bertz CT molecular complexity index is 427. The second-order valence-electron chi connectivity index (χ2n) is 3.35. The summed E-state index contributed by atoms with van der Waals surface area (Å²) < 4.78 is 23.5. The van der Waals surface area contributed by atoms with Crippen LogP contribution in [0.3, 0.4) is 0 Å². The highest BCUT2D eigenvalue weighted by atomic mass is 35.7. The molecule has 0 aliphatic rings. The molecule has 7 heteroatoms. The molecule has 1 heterocycles. The van der Waals surface area contributed by atoms with Crippen LogP contribution in [0.25, 0.3) is 0 Å². The summed E-state index contributed by atoms with van der Waals surface area (Å²) in [5.74, 6) is 0.655. The van der Waals surface area contributed by atoms with Crippen LogP contribution in [0.5, 0.6) is 0 Å². The topological polar surface area (TPSA) is 64.8 Å². The van der Waals surface area contributed by atoms with Crippen molar-refractivity contribution in [2.45, 2.75) is 37.8 Å². The van der Waals surface area contributed by atoms with Gasteiger partial charge in [-0.05, 0) is 6.42 Å². The minimum atomic E-state index is -3.78. The molecule has 0 radical (unpaired) electrons. The predicted molar refractivity (Wildman–Crippen MR) is 57.3 cm³/mol. The number of aryl methyl sites for hydroxylation is 1. The molecule has 0 saturated heterocycles. The first-order valence-electron chi connectivity index (χ1n) is 4.79. The fourth-order valence-electron chi connectivity index (χ4n) is 1.31.